The number of anilines is 1. The van der Waals surface area contributed by atoms with E-state index in [9.17, 15) is 8.42 Å². The molecule has 1 rings (SSSR count). The lowest BCUT2D eigenvalue weighted by molar-refractivity contribution is 0.568. The van der Waals surface area contributed by atoms with Crippen LogP contribution in [0, 0.1) is 13.8 Å². The minimum absolute atomic E-state index is 0.110. The molecule has 0 bridgehead atoms. The first-order valence-electron chi connectivity index (χ1n) is 6.65. The average molecular weight is 284 g/mol. The molecular weight excluding hydrogens is 260 g/mol. The first-order valence-corrected chi connectivity index (χ1v) is 8.13. The van der Waals surface area contributed by atoms with E-state index in [1.165, 1.54) is 0 Å². The van der Waals surface area contributed by atoms with Crippen molar-refractivity contribution in [2.75, 3.05) is 11.9 Å². The summed E-state index contributed by atoms with van der Waals surface area (Å²) >= 11 is 0. The van der Waals surface area contributed by atoms with Gasteiger partial charge in [-0.2, -0.15) is 0 Å². The second kappa shape index (κ2) is 6.39. The molecule has 0 aliphatic heterocycles. The van der Waals surface area contributed by atoms with Crippen LogP contribution in [-0.2, 0) is 10.0 Å². The zero-order valence-corrected chi connectivity index (χ0v) is 13.2. The van der Waals surface area contributed by atoms with E-state index in [1.807, 2.05) is 39.8 Å². The van der Waals surface area contributed by atoms with Crippen molar-refractivity contribution in [3.8, 4) is 0 Å². The Morgan fingerprint density at radius 3 is 2.11 bits per heavy atom. The third-order valence-electron chi connectivity index (χ3n) is 2.70. The maximum absolute atomic E-state index is 12.3. The van der Waals surface area contributed by atoms with Gasteiger partial charge in [-0.1, -0.05) is 6.92 Å². The van der Waals surface area contributed by atoms with Gasteiger partial charge in [0.25, 0.3) is 0 Å². The number of hydrogen-bond acceptors (Lipinski definition) is 3. The molecule has 0 unspecified atom stereocenters. The van der Waals surface area contributed by atoms with Crippen LogP contribution in [0.3, 0.4) is 0 Å². The van der Waals surface area contributed by atoms with Gasteiger partial charge in [-0.25, -0.2) is 13.1 Å². The van der Waals surface area contributed by atoms with E-state index >= 15 is 0 Å². The largest absolute Gasteiger partial charge is 0.385 e. The third-order valence-corrected chi connectivity index (χ3v) is 4.66. The Morgan fingerprint density at radius 2 is 1.68 bits per heavy atom. The van der Waals surface area contributed by atoms with Gasteiger partial charge < -0.3 is 5.32 Å². The molecule has 0 heterocycles. The van der Waals surface area contributed by atoms with Crippen LogP contribution in [0.4, 0.5) is 5.69 Å². The average Bonchev–Trinajstić information content (AvgIpc) is 2.22. The number of rotatable bonds is 6. The van der Waals surface area contributed by atoms with Crippen LogP contribution in [0.1, 0.15) is 38.3 Å². The van der Waals surface area contributed by atoms with E-state index in [0.717, 1.165) is 29.8 Å². The van der Waals surface area contributed by atoms with Crippen LogP contribution in [0.5, 0.6) is 0 Å². The number of hydrogen-bond donors (Lipinski definition) is 2. The van der Waals surface area contributed by atoms with Crippen molar-refractivity contribution in [1.29, 1.82) is 0 Å². The fourth-order valence-electron chi connectivity index (χ4n) is 2.11. The standard InChI is InChI=1S/C14H24N2O2S/c1-6-7-15-13-8-11(4)14(12(5)9-13)19(17,18)16-10(2)3/h8-10,15-16H,6-7H2,1-5H3. The number of nitrogens with one attached hydrogen (secondary N) is 2. The van der Waals surface area contributed by atoms with E-state index in [4.69, 9.17) is 0 Å². The number of benzene rings is 1. The Hall–Kier alpha value is -1.07. The highest BCUT2D eigenvalue weighted by Crippen LogP contribution is 2.24. The van der Waals surface area contributed by atoms with Crippen molar-refractivity contribution in [2.24, 2.45) is 0 Å². The molecule has 5 heteroatoms. The van der Waals surface area contributed by atoms with Gasteiger partial charge in [-0.3, -0.25) is 0 Å². The van der Waals surface area contributed by atoms with Gasteiger partial charge in [0.1, 0.15) is 0 Å². The first-order chi connectivity index (χ1) is 8.77. The summed E-state index contributed by atoms with van der Waals surface area (Å²) in [5, 5.41) is 3.28. The van der Waals surface area contributed by atoms with Crippen LogP contribution >= 0.6 is 0 Å². The molecule has 1 aromatic rings. The van der Waals surface area contributed by atoms with Gasteiger partial charge in [-0.15, -0.1) is 0 Å². The van der Waals surface area contributed by atoms with Crippen molar-refractivity contribution in [3.63, 3.8) is 0 Å². The Balaban J connectivity index is 3.17. The smallest absolute Gasteiger partial charge is 0.241 e. The van der Waals surface area contributed by atoms with Gasteiger partial charge in [0, 0.05) is 18.3 Å². The van der Waals surface area contributed by atoms with Crippen molar-refractivity contribution < 1.29 is 8.42 Å². The fraction of sp³-hybridized carbons (Fsp3) is 0.571. The molecule has 1 aromatic carbocycles. The third kappa shape index (κ3) is 4.21. The minimum atomic E-state index is -3.44. The molecule has 0 aromatic heterocycles. The molecule has 0 spiro atoms. The molecule has 0 aliphatic carbocycles. The molecule has 0 amide bonds. The van der Waals surface area contributed by atoms with Gasteiger partial charge in [0.2, 0.25) is 10.0 Å². The normalized spacial score (nSPS) is 11.9. The molecule has 4 nitrogen and oxygen atoms in total. The summed E-state index contributed by atoms with van der Waals surface area (Å²) in [6.45, 7) is 10.3. The Morgan fingerprint density at radius 1 is 1.16 bits per heavy atom. The second-order valence-corrected chi connectivity index (χ2v) is 6.79. The van der Waals surface area contributed by atoms with E-state index in [2.05, 4.69) is 17.0 Å². The van der Waals surface area contributed by atoms with E-state index < -0.39 is 10.0 Å². The summed E-state index contributed by atoms with van der Waals surface area (Å²) in [6.07, 6.45) is 1.03. The lowest BCUT2D eigenvalue weighted by atomic mass is 10.1. The van der Waals surface area contributed by atoms with Crippen LogP contribution in [0.25, 0.3) is 0 Å². The highest BCUT2D eigenvalue weighted by atomic mass is 32.2. The second-order valence-electron chi connectivity index (χ2n) is 5.14. The maximum atomic E-state index is 12.3. The van der Waals surface area contributed by atoms with Gasteiger partial charge in [-0.05, 0) is 57.4 Å². The van der Waals surface area contributed by atoms with Gasteiger partial charge >= 0.3 is 0 Å². The molecular formula is C14H24N2O2S. The number of aryl methyl sites for hydroxylation is 2. The number of sulfonamides is 1. The predicted molar refractivity (Wildman–Crippen MR) is 80.2 cm³/mol. The van der Waals surface area contributed by atoms with Gasteiger partial charge in [0.05, 0.1) is 4.90 Å². The molecule has 2 N–H and O–H groups in total. The summed E-state index contributed by atoms with van der Waals surface area (Å²) in [5.41, 5.74) is 2.51. The lowest BCUT2D eigenvalue weighted by Gasteiger charge is -2.16. The van der Waals surface area contributed by atoms with Crippen LogP contribution in [-0.4, -0.2) is 21.0 Å². The van der Waals surface area contributed by atoms with Crippen LogP contribution in [0.2, 0.25) is 0 Å². The van der Waals surface area contributed by atoms with E-state index in [-0.39, 0.29) is 6.04 Å². The van der Waals surface area contributed by atoms with Gasteiger partial charge in [0.15, 0.2) is 0 Å². The topological polar surface area (TPSA) is 58.2 Å². The zero-order valence-electron chi connectivity index (χ0n) is 12.4. The summed E-state index contributed by atoms with van der Waals surface area (Å²) < 4.78 is 27.2. The summed E-state index contributed by atoms with van der Waals surface area (Å²) in [7, 11) is -3.44. The van der Waals surface area contributed by atoms with Crippen molar-refractivity contribution in [1.82, 2.24) is 4.72 Å². The van der Waals surface area contributed by atoms with Crippen molar-refractivity contribution >= 4 is 15.7 Å². The Labute approximate surface area is 116 Å². The van der Waals surface area contributed by atoms with Crippen molar-refractivity contribution in [2.45, 2.75) is 52.0 Å². The van der Waals surface area contributed by atoms with Crippen LogP contribution in [0.15, 0.2) is 17.0 Å². The Kier molecular flexibility index (Phi) is 5.38. The molecule has 0 saturated carbocycles. The Bertz CT molecular complexity index is 513. The first kappa shape index (κ1) is 16.0. The monoisotopic (exact) mass is 284 g/mol. The van der Waals surface area contributed by atoms with Crippen LogP contribution < -0.4 is 10.0 Å². The quantitative estimate of drug-likeness (QED) is 0.844. The maximum Gasteiger partial charge on any atom is 0.241 e. The zero-order chi connectivity index (χ0) is 14.6. The van der Waals surface area contributed by atoms with E-state index in [1.54, 1.807) is 0 Å². The summed E-state index contributed by atoms with van der Waals surface area (Å²) in [5.74, 6) is 0. The molecule has 0 radical (unpaired) electrons. The summed E-state index contributed by atoms with van der Waals surface area (Å²) in [4.78, 5) is 0.392. The molecule has 0 fully saturated rings. The molecule has 108 valence electrons. The molecule has 19 heavy (non-hydrogen) atoms. The highest BCUT2D eigenvalue weighted by molar-refractivity contribution is 7.89. The fourth-order valence-corrected chi connectivity index (χ4v) is 3.82. The molecule has 0 aliphatic rings. The lowest BCUT2D eigenvalue weighted by Crippen LogP contribution is -2.31. The highest BCUT2D eigenvalue weighted by Gasteiger charge is 2.20. The van der Waals surface area contributed by atoms with E-state index in [0.29, 0.717) is 4.90 Å². The van der Waals surface area contributed by atoms with Crippen molar-refractivity contribution in [3.05, 3.63) is 23.3 Å². The summed E-state index contributed by atoms with van der Waals surface area (Å²) in [6, 6.07) is 3.66. The SMILES string of the molecule is CCCNc1cc(C)c(S(=O)(=O)NC(C)C)c(C)c1. The molecule has 0 atom stereocenters. The molecule has 0 saturated heterocycles. The predicted octanol–water partition coefficient (Wildman–Crippen LogP) is 2.81. The minimum Gasteiger partial charge on any atom is -0.385 e.